The van der Waals surface area contributed by atoms with Crippen LogP contribution in [0.25, 0.3) is 0 Å². The molecule has 5 heteroatoms. The van der Waals surface area contributed by atoms with Gasteiger partial charge in [0.15, 0.2) is 0 Å². The van der Waals surface area contributed by atoms with Gasteiger partial charge in [-0.25, -0.2) is 0 Å². The monoisotopic (exact) mass is 281 g/mol. The van der Waals surface area contributed by atoms with Crippen molar-refractivity contribution >= 4 is 5.97 Å². The van der Waals surface area contributed by atoms with E-state index in [2.05, 4.69) is 20.8 Å². The van der Waals surface area contributed by atoms with E-state index in [1.165, 1.54) is 7.11 Å². The summed E-state index contributed by atoms with van der Waals surface area (Å²) in [6, 6.07) is 3.55. The molecule has 5 nitrogen and oxygen atoms in total. The average Bonchev–Trinajstić information content (AvgIpc) is 2.37. The van der Waals surface area contributed by atoms with Gasteiger partial charge in [0.1, 0.15) is 11.5 Å². The minimum absolute atomic E-state index is 0.00368. The molecule has 0 heterocycles. The highest BCUT2D eigenvalue weighted by molar-refractivity contribution is 5.78. The van der Waals surface area contributed by atoms with Gasteiger partial charge in [0.2, 0.25) is 0 Å². The molecule has 1 unspecified atom stereocenters. The largest absolute Gasteiger partial charge is 0.496 e. The third-order valence-corrected chi connectivity index (χ3v) is 3.27. The fourth-order valence-corrected chi connectivity index (χ4v) is 2.14. The minimum Gasteiger partial charge on any atom is -0.496 e. The summed E-state index contributed by atoms with van der Waals surface area (Å²) in [5, 5.41) is 9.26. The zero-order chi connectivity index (χ0) is 15.5. The van der Waals surface area contributed by atoms with Crippen molar-refractivity contribution in [1.82, 2.24) is 0 Å². The molecular formula is C15H23NO4. The highest BCUT2D eigenvalue weighted by Crippen LogP contribution is 2.39. The van der Waals surface area contributed by atoms with Crippen molar-refractivity contribution in [3.05, 3.63) is 23.3 Å². The summed E-state index contributed by atoms with van der Waals surface area (Å²) in [6.07, 6.45) is 0. The first kappa shape index (κ1) is 16.3. The lowest BCUT2D eigenvalue weighted by molar-refractivity contribution is -0.138. The van der Waals surface area contributed by atoms with Crippen LogP contribution in [0.2, 0.25) is 0 Å². The topological polar surface area (TPSA) is 81.8 Å². The van der Waals surface area contributed by atoms with E-state index >= 15 is 0 Å². The molecule has 20 heavy (non-hydrogen) atoms. The quantitative estimate of drug-likeness (QED) is 0.864. The number of carboxylic acid groups (broad SMARTS) is 1. The molecule has 0 bridgehead atoms. The second-order valence-electron chi connectivity index (χ2n) is 5.67. The Morgan fingerprint density at radius 2 is 1.80 bits per heavy atom. The first-order valence-electron chi connectivity index (χ1n) is 6.45. The van der Waals surface area contributed by atoms with Gasteiger partial charge in [0, 0.05) is 17.7 Å². The number of methoxy groups -OCH3 is 2. The fraction of sp³-hybridized carbons (Fsp3) is 0.533. The maximum atomic E-state index is 11.3. The molecule has 0 fully saturated rings. The molecule has 1 aromatic carbocycles. The molecule has 0 aliphatic rings. The minimum atomic E-state index is -0.976. The number of hydrogen-bond donors (Lipinski definition) is 2. The van der Waals surface area contributed by atoms with Crippen LogP contribution in [0, 0.1) is 0 Å². The van der Waals surface area contributed by atoms with Crippen LogP contribution in [0.15, 0.2) is 12.1 Å². The molecule has 112 valence electrons. The molecular weight excluding hydrogens is 258 g/mol. The Balaban J connectivity index is 3.51. The lowest BCUT2D eigenvalue weighted by Gasteiger charge is -2.25. The zero-order valence-corrected chi connectivity index (χ0v) is 12.7. The third kappa shape index (κ3) is 3.22. The number of nitrogens with two attached hydrogens (primary N) is 1. The molecule has 0 aromatic heterocycles. The molecule has 0 amide bonds. The summed E-state index contributed by atoms with van der Waals surface area (Å²) in [6.45, 7) is 6.18. The van der Waals surface area contributed by atoms with Crippen molar-refractivity contribution in [2.75, 3.05) is 20.8 Å². The lowest BCUT2D eigenvalue weighted by Crippen LogP contribution is -2.22. The van der Waals surface area contributed by atoms with E-state index < -0.39 is 11.9 Å². The van der Waals surface area contributed by atoms with Crippen molar-refractivity contribution < 1.29 is 19.4 Å². The number of hydrogen-bond acceptors (Lipinski definition) is 4. The van der Waals surface area contributed by atoms with Gasteiger partial charge < -0.3 is 20.3 Å². The zero-order valence-electron chi connectivity index (χ0n) is 12.7. The Morgan fingerprint density at radius 3 is 2.15 bits per heavy atom. The SMILES string of the molecule is COc1cc(C(C)(C)C)c(OC)cc1C(CN)C(=O)O. The number of carbonyl (C=O) groups is 1. The second-order valence-corrected chi connectivity index (χ2v) is 5.67. The van der Waals surface area contributed by atoms with E-state index in [4.69, 9.17) is 15.2 Å². The first-order chi connectivity index (χ1) is 9.26. The predicted molar refractivity (Wildman–Crippen MR) is 77.7 cm³/mol. The molecule has 0 aliphatic carbocycles. The molecule has 1 rings (SSSR count). The van der Waals surface area contributed by atoms with Crippen LogP contribution in [-0.2, 0) is 10.2 Å². The third-order valence-electron chi connectivity index (χ3n) is 3.27. The van der Waals surface area contributed by atoms with E-state index in [0.29, 0.717) is 17.1 Å². The van der Waals surface area contributed by atoms with Crippen LogP contribution in [0.4, 0.5) is 0 Å². The fourth-order valence-electron chi connectivity index (χ4n) is 2.14. The summed E-state index contributed by atoms with van der Waals surface area (Å²) in [5.41, 5.74) is 6.92. The Hall–Kier alpha value is -1.75. The molecule has 0 aliphatic heterocycles. The van der Waals surface area contributed by atoms with Crippen molar-refractivity contribution in [3.8, 4) is 11.5 Å². The van der Waals surface area contributed by atoms with Crippen LogP contribution in [0.1, 0.15) is 37.8 Å². The number of aliphatic carboxylic acids is 1. The second kappa shape index (κ2) is 6.13. The Morgan fingerprint density at radius 1 is 1.25 bits per heavy atom. The highest BCUT2D eigenvalue weighted by atomic mass is 16.5. The van der Waals surface area contributed by atoms with E-state index in [1.807, 2.05) is 6.07 Å². The van der Waals surface area contributed by atoms with Crippen LogP contribution in [0.3, 0.4) is 0 Å². The Labute approximate surface area is 119 Å². The van der Waals surface area contributed by atoms with Crippen LogP contribution in [-0.4, -0.2) is 31.8 Å². The molecule has 1 atom stereocenters. The van der Waals surface area contributed by atoms with Crippen LogP contribution < -0.4 is 15.2 Å². The van der Waals surface area contributed by atoms with E-state index in [-0.39, 0.29) is 12.0 Å². The van der Waals surface area contributed by atoms with E-state index in [9.17, 15) is 9.90 Å². The number of benzene rings is 1. The van der Waals surface area contributed by atoms with Gasteiger partial charge in [0.05, 0.1) is 20.1 Å². The van der Waals surface area contributed by atoms with Crippen LogP contribution in [0.5, 0.6) is 11.5 Å². The molecule has 3 N–H and O–H groups in total. The van der Waals surface area contributed by atoms with Crippen LogP contribution >= 0.6 is 0 Å². The first-order valence-corrected chi connectivity index (χ1v) is 6.45. The number of carboxylic acids is 1. The maximum absolute atomic E-state index is 11.3. The molecule has 0 radical (unpaired) electrons. The predicted octanol–water partition coefficient (Wildman–Crippen LogP) is 2.13. The normalized spacial score (nSPS) is 12.9. The van der Waals surface area contributed by atoms with Gasteiger partial charge in [-0.2, -0.15) is 0 Å². The van der Waals surface area contributed by atoms with Crippen molar-refractivity contribution in [2.45, 2.75) is 32.1 Å². The molecule has 0 saturated carbocycles. The van der Waals surface area contributed by atoms with Gasteiger partial charge >= 0.3 is 5.97 Å². The van der Waals surface area contributed by atoms with Crippen molar-refractivity contribution in [2.24, 2.45) is 5.73 Å². The van der Waals surface area contributed by atoms with E-state index in [0.717, 1.165) is 5.56 Å². The number of ether oxygens (including phenoxy) is 2. The van der Waals surface area contributed by atoms with Gasteiger partial charge in [0.25, 0.3) is 0 Å². The average molecular weight is 281 g/mol. The van der Waals surface area contributed by atoms with Gasteiger partial charge in [-0.15, -0.1) is 0 Å². The summed E-state index contributed by atoms with van der Waals surface area (Å²) < 4.78 is 10.7. The lowest BCUT2D eigenvalue weighted by atomic mass is 9.84. The molecule has 1 aromatic rings. The molecule has 0 spiro atoms. The summed E-state index contributed by atoms with van der Waals surface area (Å²) in [5.74, 6) is -0.620. The van der Waals surface area contributed by atoms with Crippen molar-refractivity contribution in [3.63, 3.8) is 0 Å². The maximum Gasteiger partial charge on any atom is 0.312 e. The Kier molecular flexibility index (Phi) is 5.00. The van der Waals surface area contributed by atoms with Gasteiger partial charge in [-0.05, 0) is 17.5 Å². The van der Waals surface area contributed by atoms with Gasteiger partial charge in [-0.1, -0.05) is 20.8 Å². The summed E-state index contributed by atoms with van der Waals surface area (Å²) >= 11 is 0. The van der Waals surface area contributed by atoms with Crippen molar-refractivity contribution in [1.29, 1.82) is 0 Å². The summed E-state index contributed by atoms with van der Waals surface area (Å²) in [4.78, 5) is 11.3. The smallest absolute Gasteiger partial charge is 0.312 e. The van der Waals surface area contributed by atoms with Gasteiger partial charge in [-0.3, -0.25) is 4.79 Å². The molecule has 0 saturated heterocycles. The summed E-state index contributed by atoms with van der Waals surface area (Å²) in [7, 11) is 3.09. The Bertz CT molecular complexity index is 491. The van der Waals surface area contributed by atoms with E-state index in [1.54, 1.807) is 13.2 Å². The number of rotatable bonds is 5. The standard InChI is InChI=1S/C15H23NO4/c1-15(2,3)11-7-12(19-4)9(6-13(11)20-5)10(8-16)14(17)18/h6-7,10H,8,16H2,1-5H3,(H,17,18). The highest BCUT2D eigenvalue weighted by Gasteiger charge is 2.27.